The summed E-state index contributed by atoms with van der Waals surface area (Å²) in [5, 5.41) is 12.4. The Hall–Kier alpha value is -0.680. The van der Waals surface area contributed by atoms with Crippen LogP contribution >= 0.6 is 0 Å². The van der Waals surface area contributed by atoms with Gasteiger partial charge >= 0.3 is 0 Å². The smallest absolute Gasteiger partial charge is 0.291 e. The monoisotopic (exact) mass is 118 g/mol. The lowest BCUT2D eigenvalue weighted by Crippen LogP contribution is -2.31. The van der Waals surface area contributed by atoms with Gasteiger partial charge in [-0.15, -0.1) is 0 Å². The van der Waals surface area contributed by atoms with Gasteiger partial charge < -0.3 is 4.74 Å². The Bertz CT molecular complexity index is 98.7. The molecule has 0 aromatic rings. The number of hydrogen-bond acceptors (Lipinski definition) is 4. The first-order chi connectivity index (χ1) is 3.80. The summed E-state index contributed by atoms with van der Waals surface area (Å²) in [6.07, 6.45) is -0.685. The van der Waals surface area contributed by atoms with Crippen LogP contribution in [0.25, 0.3) is 0 Å². The molecule has 0 aromatic heterocycles. The summed E-state index contributed by atoms with van der Waals surface area (Å²) < 4.78 is 4.67. The van der Waals surface area contributed by atoms with Crippen LogP contribution in [0.4, 0.5) is 0 Å². The van der Waals surface area contributed by atoms with E-state index in [4.69, 9.17) is 0 Å². The van der Waals surface area contributed by atoms with Gasteiger partial charge in [-0.3, -0.25) is 10.1 Å². The van der Waals surface area contributed by atoms with E-state index in [1.54, 1.807) is 0 Å². The van der Waals surface area contributed by atoms with Crippen molar-refractivity contribution in [3.8, 4) is 0 Å². The average molecular weight is 118 g/mol. The Balaban J connectivity index is 2.35. The van der Waals surface area contributed by atoms with Crippen molar-refractivity contribution in [2.75, 3.05) is 13.3 Å². The summed E-state index contributed by atoms with van der Waals surface area (Å²) in [5.41, 5.74) is 0. The van der Waals surface area contributed by atoms with Crippen molar-refractivity contribution in [3.05, 3.63) is 10.1 Å². The van der Waals surface area contributed by atoms with Crippen molar-refractivity contribution in [1.82, 2.24) is 5.32 Å². The topological polar surface area (TPSA) is 64.4 Å². The molecule has 1 saturated heterocycles. The molecule has 8 heavy (non-hydrogen) atoms. The second-order valence-electron chi connectivity index (χ2n) is 1.52. The summed E-state index contributed by atoms with van der Waals surface area (Å²) in [4.78, 5) is 9.47. The van der Waals surface area contributed by atoms with E-state index in [1.807, 2.05) is 0 Å². The summed E-state index contributed by atoms with van der Waals surface area (Å²) in [7, 11) is 0. The molecule has 0 aromatic carbocycles. The van der Waals surface area contributed by atoms with Crippen LogP contribution in [0.2, 0.25) is 0 Å². The van der Waals surface area contributed by atoms with E-state index >= 15 is 0 Å². The minimum absolute atomic E-state index is 0.188. The maximum Gasteiger partial charge on any atom is 0.291 e. The molecule has 1 atom stereocenters. The predicted octanol–water partition coefficient (Wildman–Crippen LogP) is -0.834. The Kier molecular flexibility index (Phi) is 1.40. The molecule has 0 amide bonds. The maximum atomic E-state index is 9.86. The normalized spacial score (nSPS) is 28.2. The van der Waals surface area contributed by atoms with Crippen LogP contribution in [0.3, 0.4) is 0 Å². The van der Waals surface area contributed by atoms with Crippen molar-refractivity contribution >= 4 is 0 Å². The highest BCUT2D eigenvalue weighted by Gasteiger charge is 2.23. The van der Waals surface area contributed by atoms with Gasteiger partial charge in [0.1, 0.15) is 13.3 Å². The van der Waals surface area contributed by atoms with Crippen molar-refractivity contribution in [2.45, 2.75) is 6.17 Å². The first-order valence-electron chi connectivity index (χ1n) is 2.25. The van der Waals surface area contributed by atoms with E-state index in [0.717, 1.165) is 0 Å². The van der Waals surface area contributed by atoms with Gasteiger partial charge in [0.05, 0.1) is 0 Å². The zero-order chi connectivity index (χ0) is 5.98. The number of nitro groups is 1. The lowest BCUT2D eigenvalue weighted by atomic mass is 10.6. The van der Waals surface area contributed by atoms with Gasteiger partial charge in [-0.1, -0.05) is 0 Å². The van der Waals surface area contributed by atoms with Gasteiger partial charge in [0.15, 0.2) is 0 Å². The molecule has 1 aliphatic heterocycles. The largest absolute Gasteiger partial charge is 0.357 e. The Morgan fingerprint density at radius 1 is 1.88 bits per heavy atom. The third-order valence-corrected chi connectivity index (χ3v) is 0.951. The zero-order valence-electron chi connectivity index (χ0n) is 4.16. The molecule has 0 radical (unpaired) electrons. The summed E-state index contributed by atoms with van der Waals surface area (Å²) in [5.74, 6) is 0. The molecule has 1 heterocycles. The number of hydrogen-bond donors (Lipinski definition) is 1. The molecule has 46 valence electrons. The van der Waals surface area contributed by atoms with Crippen LogP contribution in [0.5, 0.6) is 0 Å². The lowest BCUT2D eigenvalue weighted by Gasteiger charge is -1.94. The van der Waals surface area contributed by atoms with E-state index in [-0.39, 0.29) is 6.61 Å². The van der Waals surface area contributed by atoms with Crippen LogP contribution in [-0.4, -0.2) is 24.4 Å². The SMILES string of the molecule is O=[N+]([O-])C1COCN1. The van der Waals surface area contributed by atoms with Crippen molar-refractivity contribution in [2.24, 2.45) is 0 Å². The summed E-state index contributed by atoms with van der Waals surface area (Å²) in [6, 6.07) is 0. The molecule has 0 spiro atoms. The van der Waals surface area contributed by atoms with Crippen LogP contribution in [-0.2, 0) is 4.74 Å². The number of rotatable bonds is 1. The predicted molar refractivity (Wildman–Crippen MR) is 24.7 cm³/mol. The van der Waals surface area contributed by atoms with Crippen molar-refractivity contribution < 1.29 is 9.66 Å². The second kappa shape index (κ2) is 2.06. The van der Waals surface area contributed by atoms with Crippen LogP contribution in [0.15, 0.2) is 0 Å². The van der Waals surface area contributed by atoms with Gasteiger partial charge in [0.2, 0.25) is 0 Å². The minimum atomic E-state index is -0.685. The minimum Gasteiger partial charge on any atom is -0.357 e. The molecule has 1 unspecified atom stereocenters. The fraction of sp³-hybridized carbons (Fsp3) is 1.00. The number of nitrogens with zero attached hydrogens (tertiary/aromatic N) is 1. The molecule has 0 aliphatic carbocycles. The van der Waals surface area contributed by atoms with Gasteiger partial charge in [-0.2, -0.15) is 0 Å². The molecule has 0 saturated carbocycles. The number of nitrogens with one attached hydrogen (secondary N) is 1. The fourth-order valence-corrected chi connectivity index (χ4v) is 0.520. The van der Waals surface area contributed by atoms with E-state index < -0.39 is 11.1 Å². The molecular weight excluding hydrogens is 112 g/mol. The molecular formula is C3H6N2O3. The van der Waals surface area contributed by atoms with E-state index in [9.17, 15) is 10.1 Å². The average Bonchev–Trinajstić information content (AvgIpc) is 2.12. The molecule has 1 rings (SSSR count). The highest BCUT2D eigenvalue weighted by atomic mass is 16.6. The lowest BCUT2D eigenvalue weighted by molar-refractivity contribution is -0.524. The van der Waals surface area contributed by atoms with E-state index in [1.165, 1.54) is 0 Å². The molecule has 1 fully saturated rings. The highest BCUT2D eigenvalue weighted by molar-refractivity contribution is 4.54. The molecule has 5 heteroatoms. The third kappa shape index (κ3) is 0.932. The Morgan fingerprint density at radius 3 is 2.88 bits per heavy atom. The summed E-state index contributed by atoms with van der Waals surface area (Å²) in [6.45, 7) is 0.485. The molecule has 1 aliphatic rings. The van der Waals surface area contributed by atoms with Crippen LogP contribution in [0, 0.1) is 10.1 Å². The molecule has 1 N–H and O–H groups in total. The zero-order valence-corrected chi connectivity index (χ0v) is 4.16. The van der Waals surface area contributed by atoms with Crippen molar-refractivity contribution in [3.63, 3.8) is 0 Å². The number of ether oxygens (including phenoxy) is 1. The van der Waals surface area contributed by atoms with Crippen LogP contribution < -0.4 is 5.32 Å². The Labute approximate surface area is 45.8 Å². The van der Waals surface area contributed by atoms with Gasteiger partial charge in [-0.05, 0) is 0 Å². The second-order valence-corrected chi connectivity index (χ2v) is 1.52. The van der Waals surface area contributed by atoms with Gasteiger partial charge in [0, 0.05) is 4.92 Å². The first kappa shape index (κ1) is 5.46. The quantitative estimate of drug-likeness (QED) is 0.360. The standard InChI is InChI=1S/C3H6N2O3/c6-5(7)3-1-8-2-4-3/h3-4H,1-2H2. The van der Waals surface area contributed by atoms with Gasteiger partial charge in [-0.25, -0.2) is 5.32 Å². The fourth-order valence-electron chi connectivity index (χ4n) is 0.520. The van der Waals surface area contributed by atoms with Crippen molar-refractivity contribution in [1.29, 1.82) is 0 Å². The molecule has 5 nitrogen and oxygen atoms in total. The first-order valence-corrected chi connectivity index (χ1v) is 2.25. The Morgan fingerprint density at radius 2 is 2.62 bits per heavy atom. The maximum absolute atomic E-state index is 9.86. The van der Waals surface area contributed by atoms with E-state index in [2.05, 4.69) is 10.1 Å². The highest BCUT2D eigenvalue weighted by Crippen LogP contribution is 1.92. The van der Waals surface area contributed by atoms with Crippen LogP contribution in [0.1, 0.15) is 0 Å². The third-order valence-electron chi connectivity index (χ3n) is 0.951. The summed E-state index contributed by atoms with van der Waals surface area (Å²) >= 11 is 0. The van der Waals surface area contributed by atoms with Gasteiger partial charge in [0.25, 0.3) is 6.17 Å². The van der Waals surface area contributed by atoms with E-state index in [0.29, 0.717) is 6.73 Å². The molecule has 0 bridgehead atoms.